The monoisotopic (exact) mass is 252 g/mol. The number of nitriles is 1. The van der Waals surface area contributed by atoms with Crippen LogP contribution in [0.5, 0.6) is 0 Å². The van der Waals surface area contributed by atoms with E-state index in [4.69, 9.17) is 5.26 Å². The summed E-state index contributed by atoms with van der Waals surface area (Å²) in [4.78, 5) is 0. The first-order valence-corrected chi connectivity index (χ1v) is 6.22. The van der Waals surface area contributed by atoms with Crippen molar-refractivity contribution in [2.45, 2.75) is 12.6 Å². The highest BCUT2D eigenvalue weighted by molar-refractivity contribution is 5.32. The number of nitrogens with one attached hydrogen (secondary N) is 1. The summed E-state index contributed by atoms with van der Waals surface area (Å²) in [5.74, 6) is 0. The molecule has 0 saturated heterocycles. The highest BCUT2D eigenvalue weighted by Crippen LogP contribution is 2.11. The zero-order chi connectivity index (χ0) is 13.5. The van der Waals surface area contributed by atoms with Crippen LogP contribution in [-0.4, -0.2) is 11.7 Å². The van der Waals surface area contributed by atoms with E-state index in [1.54, 1.807) is 6.07 Å². The van der Waals surface area contributed by atoms with Gasteiger partial charge in [0, 0.05) is 13.1 Å². The van der Waals surface area contributed by atoms with Crippen molar-refractivity contribution in [1.82, 2.24) is 5.32 Å². The van der Waals surface area contributed by atoms with E-state index in [0.717, 1.165) is 11.1 Å². The summed E-state index contributed by atoms with van der Waals surface area (Å²) in [5, 5.41) is 22.0. The van der Waals surface area contributed by atoms with E-state index in [1.165, 1.54) is 0 Å². The fourth-order valence-electron chi connectivity index (χ4n) is 1.90. The molecule has 1 atom stereocenters. The summed E-state index contributed by atoms with van der Waals surface area (Å²) in [7, 11) is 0. The molecule has 0 bridgehead atoms. The van der Waals surface area contributed by atoms with Gasteiger partial charge in [0.1, 0.15) is 0 Å². The van der Waals surface area contributed by atoms with Gasteiger partial charge >= 0.3 is 0 Å². The number of hydrogen-bond donors (Lipinski definition) is 2. The molecule has 2 aromatic rings. The Morgan fingerprint density at radius 1 is 1.11 bits per heavy atom. The van der Waals surface area contributed by atoms with Gasteiger partial charge in [0.15, 0.2) is 0 Å². The van der Waals surface area contributed by atoms with E-state index in [0.29, 0.717) is 18.7 Å². The Morgan fingerprint density at radius 3 is 2.63 bits per heavy atom. The van der Waals surface area contributed by atoms with E-state index in [2.05, 4.69) is 11.4 Å². The minimum atomic E-state index is -0.514. The molecule has 0 amide bonds. The molecule has 3 heteroatoms. The molecular formula is C16H16N2O. The lowest BCUT2D eigenvalue weighted by atomic mass is 10.1. The zero-order valence-corrected chi connectivity index (χ0v) is 10.6. The van der Waals surface area contributed by atoms with Gasteiger partial charge in [-0.25, -0.2) is 0 Å². The van der Waals surface area contributed by atoms with Crippen LogP contribution in [0.2, 0.25) is 0 Å². The summed E-state index contributed by atoms with van der Waals surface area (Å²) in [5.41, 5.74) is 2.60. The van der Waals surface area contributed by atoms with Crippen molar-refractivity contribution >= 4 is 0 Å². The molecule has 0 aliphatic rings. The van der Waals surface area contributed by atoms with Crippen molar-refractivity contribution in [2.75, 3.05) is 6.54 Å². The maximum absolute atomic E-state index is 9.98. The van der Waals surface area contributed by atoms with Crippen molar-refractivity contribution in [3.05, 3.63) is 71.3 Å². The molecule has 3 nitrogen and oxygen atoms in total. The Bertz CT molecular complexity index is 560. The van der Waals surface area contributed by atoms with Crippen molar-refractivity contribution in [3.8, 4) is 6.07 Å². The minimum absolute atomic E-state index is 0.487. The average Bonchev–Trinajstić information content (AvgIpc) is 2.48. The van der Waals surface area contributed by atoms with Gasteiger partial charge in [0.2, 0.25) is 0 Å². The summed E-state index contributed by atoms with van der Waals surface area (Å²) < 4.78 is 0. The third kappa shape index (κ3) is 3.92. The van der Waals surface area contributed by atoms with Gasteiger partial charge in [-0.3, -0.25) is 0 Å². The lowest BCUT2D eigenvalue weighted by molar-refractivity contribution is 0.174. The average molecular weight is 252 g/mol. The van der Waals surface area contributed by atoms with Crippen molar-refractivity contribution in [3.63, 3.8) is 0 Å². The van der Waals surface area contributed by atoms with E-state index in [9.17, 15) is 5.11 Å². The molecule has 2 N–H and O–H groups in total. The van der Waals surface area contributed by atoms with E-state index in [1.807, 2.05) is 48.5 Å². The SMILES string of the molecule is N#Cc1cccc(CNCC(O)c2ccccc2)c1. The van der Waals surface area contributed by atoms with Crippen LogP contribution >= 0.6 is 0 Å². The molecule has 19 heavy (non-hydrogen) atoms. The topological polar surface area (TPSA) is 56.0 Å². The van der Waals surface area contributed by atoms with Gasteiger partial charge in [-0.05, 0) is 23.3 Å². The van der Waals surface area contributed by atoms with E-state index in [-0.39, 0.29) is 0 Å². The molecule has 1 unspecified atom stereocenters. The van der Waals surface area contributed by atoms with Crippen LogP contribution in [-0.2, 0) is 6.54 Å². The van der Waals surface area contributed by atoms with E-state index >= 15 is 0 Å². The summed E-state index contributed by atoms with van der Waals surface area (Å²) in [6, 6.07) is 19.1. The maximum Gasteiger partial charge on any atom is 0.0991 e. The molecule has 0 saturated carbocycles. The molecule has 0 fully saturated rings. The van der Waals surface area contributed by atoms with Crippen LogP contribution < -0.4 is 5.32 Å². The zero-order valence-electron chi connectivity index (χ0n) is 10.6. The normalized spacial score (nSPS) is 11.8. The van der Waals surface area contributed by atoms with Crippen LogP contribution in [0.15, 0.2) is 54.6 Å². The Hall–Kier alpha value is -2.15. The second-order valence-electron chi connectivity index (χ2n) is 4.37. The summed E-state index contributed by atoms with van der Waals surface area (Å²) in [6.45, 7) is 1.13. The third-order valence-electron chi connectivity index (χ3n) is 2.91. The predicted molar refractivity (Wildman–Crippen MR) is 74.3 cm³/mol. The quantitative estimate of drug-likeness (QED) is 0.859. The molecule has 0 radical (unpaired) electrons. The number of aliphatic hydroxyl groups is 1. The second kappa shape index (κ2) is 6.69. The Kier molecular flexibility index (Phi) is 4.68. The molecule has 96 valence electrons. The van der Waals surface area contributed by atoms with Gasteiger partial charge in [-0.1, -0.05) is 42.5 Å². The minimum Gasteiger partial charge on any atom is -0.387 e. The highest BCUT2D eigenvalue weighted by atomic mass is 16.3. The number of benzene rings is 2. The number of hydrogen-bond acceptors (Lipinski definition) is 3. The lowest BCUT2D eigenvalue weighted by Crippen LogP contribution is -2.21. The Balaban J connectivity index is 1.85. The smallest absolute Gasteiger partial charge is 0.0991 e. The van der Waals surface area contributed by atoms with Gasteiger partial charge in [-0.15, -0.1) is 0 Å². The van der Waals surface area contributed by atoms with Gasteiger partial charge in [0.05, 0.1) is 17.7 Å². The molecular weight excluding hydrogens is 236 g/mol. The molecule has 0 aliphatic heterocycles. The number of rotatable bonds is 5. The Morgan fingerprint density at radius 2 is 1.89 bits per heavy atom. The van der Waals surface area contributed by atoms with Crippen LogP contribution in [0.1, 0.15) is 22.8 Å². The molecule has 0 aromatic heterocycles. The van der Waals surface area contributed by atoms with Gasteiger partial charge in [-0.2, -0.15) is 5.26 Å². The van der Waals surface area contributed by atoms with Crippen molar-refractivity contribution in [2.24, 2.45) is 0 Å². The number of aliphatic hydroxyl groups excluding tert-OH is 1. The van der Waals surface area contributed by atoms with Gasteiger partial charge in [0.25, 0.3) is 0 Å². The van der Waals surface area contributed by atoms with E-state index < -0.39 is 6.10 Å². The van der Waals surface area contributed by atoms with Crippen LogP contribution in [0, 0.1) is 11.3 Å². The second-order valence-corrected chi connectivity index (χ2v) is 4.37. The van der Waals surface area contributed by atoms with Crippen molar-refractivity contribution in [1.29, 1.82) is 5.26 Å². The van der Waals surface area contributed by atoms with Crippen molar-refractivity contribution < 1.29 is 5.11 Å². The first-order chi connectivity index (χ1) is 9.29. The summed E-state index contributed by atoms with van der Waals surface area (Å²) in [6.07, 6.45) is -0.514. The largest absolute Gasteiger partial charge is 0.387 e. The van der Waals surface area contributed by atoms with Gasteiger partial charge < -0.3 is 10.4 Å². The first-order valence-electron chi connectivity index (χ1n) is 6.22. The molecule has 2 aromatic carbocycles. The fourth-order valence-corrected chi connectivity index (χ4v) is 1.90. The molecule has 0 spiro atoms. The first kappa shape index (κ1) is 13.3. The maximum atomic E-state index is 9.98. The van der Waals surface area contributed by atoms with Crippen LogP contribution in [0.3, 0.4) is 0 Å². The van der Waals surface area contributed by atoms with Crippen LogP contribution in [0.25, 0.3) is 0 Å². The summed E-state index contributed by atoms with van der Waals surface area (Å²) >= 11 is 0. The molecule has 2 rings (SSSR count). The fraction of sp³-hybridized carbons (Fsp3) is 0.188. The third-order valence-corrected chi connectivity index (χ3v) is 2.91. The predicted octanol–water partition coefficient (Wildman–Crippen LogP) is 2.38. The highest BCUT2D eigenvalue weighted by Gasteiger charge is 2.05. The molecule has 0 aliphatic carbocycles. The lowest BCUT2D eigenvalue weighted by Gasteiger charge is -2.12. The standard InChI is InChI=1S/C16H16N2O/c17-10-13-5-4-6-14(9-13)11-18-12-16(19)15-7-2-1-3-8-15/h1-9,16,18-19H,11-12H2. The molecule has 0 heterocycles. The Labute approximate surface area is 113 Å². The van der Waals surface area contributed by atoms with Crippen LogP contribution in [0.4, 0.5) is 0 Å². The number of nitrogens with zero attached hydrogens (tertiary/aromatic N) is 1.